The molecular weight excluding hydrogens is 492 g/mol. The number of ether oxygens (including phenoxy) is 2. The lowest BCUT2D eigenvalue weighted by Gasteiger charge is -2.58. The lowest BCUT2D eigenvalue weighted by atomic mass is 9.52. The number of carbonyl (C=O) groups is 4. The molecule has 1 aromatic rings. The minimum absolute atomic E-state index is 0.0445. The van der Waals surface area contributed by atoms with Crippen molar-refractivity contribution in [2.24, 2.45) is 40.6 Å². The third kappa shape index (κ3) is 5.78. The Kier molecular flexibility index (Phi) is 7.44. The number of nitrogens with zero attached hydrogens (tertiary/aromatic N) is 2. The van der Waals surface area contributed by atoms with Crippen molar-refractivity contribution in [2.75, 3.05) is 6.61 Å². The SMILES string of the molecule is CC(C)COc1c(C(=O)NC2C3CC4CC2CC(OC(N)=O)(C4)C3)cnn1/C=C/C(C)(C)C(=O)NC(N)=O. The van der Waals surface area contributed by atoms with Gasteiger partial charge in [0.25, 0.3) is 5.91 Å². The van der Waals surface area contributed by atoms with E-state index >= 15 is 0 Å². The summed E-state index contributed by atoms with van der Waals surface area (Å²) >= 11 is 0. The Morgan fingerprint density at radius 3 is 2.42 bits per heavy atom. The van der Waals surface area contributed by atoms with Crippen LogP contribution >= 0.6 is 0 Å². The summed E-state index contributed by atoms with van der Waals surface area (Å²) in [5, 5.41) is 9.61. The summed E-state index contributed by atoms with van der Waals surface area (Å²) in [4.78, 5) is 48.5. The van der Waals surface area contributed by atoms with Crippen LogP contribution in [0.1, 0.15) is 70.2 Å². The van der Waals surface area contributed by atoms with Gasteiger partial charge in [0, 0.05) is 12.2 Å². The van der Waals surface area contributed by atoms with Crippen molar-refractivity contribution in [3.63, 3.8) is 0 Å². The predicted molar refractivity (Wildman–Crippen MR) is 138 cm³/mol. The van der Waals surface area contributed by atoms with Crippen molar-refractivity contribution in [3.8, 4) is 5.88 Å². The van der Waals surface area contributed by atoms with E-state index in [4.69, 9.17) is 20.9 Å². The Labute approximate surface area is 221 Å². The Hall–Kier alpha value is -3.57. The smallest absolute Gasteiger partial charge is 0.405 e. The monoisotopic (exact) mass is 530 g/mol. The molecule has 4 aliphatic carbocycles. The number of hydrogen-bond donors (Lipinski definition) is 4. The fraction of sp³-hybridized carbons (Fsp3) is 0.654. The lowest BCUT2D eigenvalue weighted by molar-refractivity contribution is -0.137. The molecule has 1 aromatic heterocycles. The molecule has 2 unspecified atom stereocenters. The van der Waals surface area contributed by atoms with Crippen molar-refractivity contribution in [1.82, 2.24) is 20.4 Å². The van der Waals surface area contributed by atoms with Crippen LogP contribution in [0.4, 0.5) is 9.59 Å². The predicted octanol–water partition coefficient (Wildman–Crippen LogP) is 2.38. The topological polar surface area (TPSA) is 181 Å². The summed E-state index contributed by atoms with van der Waals surface area (Å²) in [6.45, 7) is 7.58. The molecule has 208 valence electrons. The maximum absolute atomic E-state index is 13.5. The molecule has 6 N–H and O–H groups in total. The van der Waals surface area contributed by atoms with E-state index in [1.54, 1.807) is 19.9 Å². The number of rotatable bonds is 9. The highest BCUT2D eigenvalue weighted by Crippen LogP contribution is 2.57. The van der Waals surface area contributed by atoms with Gasteiger partial charge in [0.1, 0.15) is 11.2 Å². The molecule has 0 radical (unpaired) electrons. The van der Waals surface area contributed by atoms with Gasteiger partial charge in [0.05, 0.1) is 18.2 Å². The first-order chi connectivity index (χ1) is 17.8. The molecule has 12 nitrogen and oxygen atoms in total. The van der Waals surface area contributed by atoms with E-state index in [0.29, 0.717) is 25.4 Å². The second-order valence-corrected chi connectivity index (χ2v) is 11.9. The van der Waals surface area contributed by atoms with Crippen LogP contribution in [-0.2, 0) is 9.53 Å². The first kappa shape index (κ1) is 27.5. The molecule has 4 fully saturated rings. The van der Waals surface area contributed by atoms with Crippen molar-refractivity contribution < 1.29 is 28.7 Å². The van der Waals surface area contributed by atoms with E-state index in [1.807, 2.05) is 13.8 Å². The normalized spacial score (nSPS) is 27.9. The minimum atomic E-state index is -1.08. The van der Waals surface area contributed by atoms with E-state index in [0.717, 1.165) is 19.3 Å². The highest BCUT2D eigenvalue weighted by Gasteiger charge is 2.57. The number of aromatic nitrogens is 2. The van der Waals surface area contributed by atoms with Crippen LogP contribution in [0.2, 0.25) is 0 Å². The Balaban J connectivity index is 1.53. The lowest BCUT2D eigenvalue weighted by Crippen LogP contribution is -2.63. The summed E-state index contributed by atoms with van der Waals surface area (Å²) < 4.78 is 13.0. The van der Waals surface area contributed by atoms with Gasteiger partial charge in [0.2, 0.25) is 11.8 Å². The molecule has 1 heterocycles. The van der Waals surface area contributed by atoms with Crippen LogP contribution in [0.15, 0.2) is 12.3 Å². The average Bonchev–Trinajstić information content (AvgIpc) is 3.20. The first-order valence-corrected chi connectivity index (χ1v) is 13.1. The molecule has 5 amide bonds. The van der Waals surface area contributed by atoms with Crippen LogP contribution in [-0.4, -0.2) is 52.0 Å². The van der Waals surface area contributed by atoms with Gasteiger partial charge in [-0.3, -0.25) is 14.9 Å². The third-order valence-electron chi connectivity index (χ3n) is 7.83. The summed E-state index contributed by atoms with van der Waals surface area (Å²) in [5.41, 5.74) is 9.12. The number of nitrogens with two attached hydrogens (primary N) is 2. The second kappa shape index (κ2) is 10.3. The molecule has 4 saturated carbocycles. The van der Waals surface area contributed by atoms with Crippen molar-refractivity contribution in [1.29, 1.82) is 0 Å². The van der Waals surface area contributed by atoms with Crippen molar-refractivity contribution >= 4 is 30.1 Å². The number of urea groups is 1. The molecular formula is C26H38N6O6. The van der Waals surface area contributed by atoms with Crippen LogP contribution in [0.3, 0.4) is 0 Å². The quantitative estimate of drug-likeness (QED) is 0.378. The molecule has 4 bridgehead atoms. The highest BCUT2D eigenvalue weighted by atomic mass is 16.6. The molecule has 0 spiro atoms. The van der Waals surface area contributed by atoms with Crippen LogP contribution < -0.4 is 26.8 Å². The fourth-order valence-electron chi connectivity index (χ4n) is 6.36. The number of imide groups is 1. The van der Waals surface area contributed by atoms with Gasteiger partial charge in [-0.2, -0.15) is 5.10 Å². The summed E-state index contributed by atoms with van der Waals surface area (Å²) in [7, 11) is 0. The summed E-state index contributed by atoms with van der Waals surface area (Å²) in [6, 6.07) is -0.982. The van der Waals surface area contributed by atoms with Gasteiger partial charge in [-0.25, -0.2) is 14.3 Å². The fourth-order valence-corrected chi connectivity index (χ4v) is 6.36. The van der Waals surface area contributed by atoms with Gasteiger partial charge in [-0.05, 0) is 69.6 Å². The zero-order chi connectivity index (χ0) is 27.8. The largest absolute Gasteiger partial charge is 0.477 e. The molecule has 38 heavy (non-hydrogen) atoms. The highest BCUT2D eigenvalue weighted by molar-refractivity contribution is 5.98. The number of hydrogen-bond acceptors (Lipinski definition) is 7. The van der Waals surface area contributed by atoms with Gasteiger partial charge in [-0.15, -0.1) is 0 Å². The molecule has 4 aliphatic rings. The molecule has 2 atom stereocenters. The minimum Gasteiger partial charge on any atom is -0.477 e. The number of nitrogens with one attached hydrogen (secondary N) is 2. The standard InChI is InChI=1S/C26H38N6O6/c1-14(2)13-37-21-18(12-29-32(21)6-5-25(3,4)22(34)31-23(27)35)20(33)30-19-16-7-15-8-17(19)11-26(9-15,10-16)38-24(28)36/h5-6,12,14-17,19H,7-11,13H2,1-4H3,(H2,28,36)(H,30,33)(H3,27,31,34,35)/b6-5+. The molecule has 0 saturated heterocycles. The van der Waals surface area contributed by atoms with Gasteiger partial charge >= 0.3 is 12.1 Å². The van der Waals surface area contributed by atoms with Crippen LogP contribution in [0, 0.1) is 29.1 Å². The van der Waals surface area contributed by atoms with Gasteiger partial charge in [-0.1, -0.05) is 19.9 Å². The van der Waals surface area contributed by atoms with E-state index in [1.165, 1.54) is 17.1 Å². The van der Waals surface area contributed by atoms with Crippen LogP contribution in [0.25, 0.3) is 6.20 Å². The maximum Gasteiger partial charge on any atom is 0.405 e. The van der Waals surface area contributed by atoms with E-state index in [2.05, 4.69) is 15.7 Å². The Morgan fingerprint density at radius 1 is 1.18 bits per heavy atom. The Bertz CT molecular complexity index is 1130. The first-order valence-electron chi connectivity index (χ1n) is 13.1. The molecule has 0 aliphatic heterocycles. The Morgan fingerprint density at radius 2 is 1.84 bits per heavy atom. The van der Waals surface area contributed by atoms with Gasteiger partial charge < -0.3 is 26.3 Å². The number of amides is 5. The maximum atomic E-state index is 13.5. The van der Waals surface area contributed by atoms with Gasteiger partial charge in [0.15, 0.2) is 0 Å². The molecule has 12 heteroatoms. The van der Waals surface area contributed by atoms with Crippen molar-refractivity contribution in [3.05, 3.63) is 17.8 Å². The molecule has 0 aromatic carbocycles. The van der Waals surface area contributed by atoms with E-state index in [-0.39, 0.29) is 41.1 Å². The second-order valence-electron chi connectivity index (χ2n) is 11.9. The number of carbonyl (C=O) groups excluding carboxylic acids is 4. The summed E-state index contributed by atoms with van der Waals surface area (Å²) in [5.74, 6) is 0.450. The average molecular weight is 531 g/mol. The number of primary amides is 2. The zero-order valence-corrected chi connectivity index (χ0v) is 22.4. The van der Waals surface area contributed by atoms with E-state index in [9.17, 15) is 19.2 Å². The zero-order valence-electron chi connectivity index (χ0n) is 22.4. The van der Waals surface area contributed by atoms with E-state index < -0.39 is 29.0 Å². The third-order valence-corrected chi connectivity index (χ3v) is 7.83. The van der Waals surface area contributed by atoms with Crippen LogP contribution in [0.5, 0.6) is 5.88 Å². The summed E-state index contributed by atoms with van der Waals surface area (Å²) in [6.07, 6.45) is 7.96. The molecule has 5 rings (SSSR count). The van der Waals surface area contributed by atoms with Crippen molar-refractivity contribution in [2.45, 2.75) is 71.4 Å².